The fourth-order valence-corrected chi connectivity index (χ4v) is 5.14. The van der Waals surface area contributed by atoms with Crippen molar-refractivity contribution in [1.29, 1.82) is 0 Å². The molecule has 0 amide bonds. The molecule has 0 radical (unpaired) electrons. The molecule has 0 bridgehead atoms. The second-order valence-electron chi connectivity index (χ2n) is 8.19. The van der Waals surface area contributed by atoms with Gasteiger partial charge in [-0.25, -0.2) is 8.42 Å². The lowest BCUT2D eigenvalue weighted by Crippen LogP contribution is -2.21. The van der Waals surface area contributed by atoms with Crippen LogP contribution in [-0.2, 0) is 16.6 Å². The van der Waals surface area contributed by atoms with Gasteiger partial charge in [0, 0.05) is 31.2 Å². The van der Waals surface area contributed by atoms with Gasteiger partial charge in [0.1, 0.15) is 21.8 Å². The predicted molar refractivity (Wildman–Crippen MR) is 127 cm³/mol. The molecule has 2 heterocycles. The normalized spacial score (nSPS) is 13.7. The van der Waals surface area contributed by atoms with Crippen molar-refractivity contribution in [3.8, 4) is 11.5 Å². The highest BCUT2D eigenvalue weighted by molar-refractivity contribution is 7.92. The van der Waals surface area contributed by atoms with E-state index in [1.807, 2.05) is 31.4 Å². The lowest BCUT2D eigenvalue weighted by atomic mass is 10.1. The summed E-state index contributed by atoms with van der Waals surface area (Å²) in [5, 5.41) is 8.62. The lowest BCUT2D eigenvalue weighted by molar-refractivity contribution is 0.403. The molecule has 178 valence electrons. The monoisotopic (exact) mass is 483 g/mol. The van der Waals surface area contributed by atoms with Gasteiger partial charge < -0.3 is 18.9 Å². The molecule has 2 aromatic heterocycles. The largest absolute Gasteiger partial charge is 0.496 e. The Morgan fingerprint density at radius 1 is 1.18 bits per heavy atom. The van der Waals surface area contributed by atoms with E-state index < -0.39 is 10.0 Å². The molecule has 1 aliphatic rings. The van der Waals surface area contributed by atoms with Gasteiger partial charge in [-0.15, -0.1) is 0 Å². The number of methoxy groups -OCH3 is 2. The van der Waals surface area contributed by atoms with Gasteiger partial charge in [-0.2, -0.15) is 5.10 Å². The van der Waals surface area contributed by atoms with Crippen LogP contribution in [0.15, 0.2) is 58.2 Å². The van der Waals surface area contributed by atoms with Crippen molar-refractivity contribution in [2.24, 2.45) is 0 Å². The summed E-state index contributed by atoms with van der Waals surface area (Å²) in [6.45, 7) is 0.500. The second-order valence-corrected chi connectivity index (χ2v) is 9.84. The van der Waals surface area contributed by atoms with Crippen LogP contribution in [0.1, 0.15) is 18.4 Å². The minimum atomic E-state index is -4.05. The summed E-state index contributed by atoms with van der Waals surface area (Å²) < 4.78 is 47.5. The number of hydrogen-bond donors (Lipinski definition) is 1. The molecule has 1 saturated carbocycles. The van der Waals surface area contributed by atoms with Gasteiger partial charge in [-0.05, 0) is 54.8 Å². The van der Waals surface area contributed by atoms with Crippen LogP contribution in [0.25, 0.3) is 11.0 Å². The second kappa shape index (κ2) is 8.56. The van der Waals surface area contributed by atoms with E-state index in [0.29, 0.717) is 29.3 Å². The lowest BCUT2D eigenvalue weighted by Gasteiger charge is -2.20. The Kier molecular flexibility index (Phi) is 5.56. The van der Waals surface area contributed by atoms with Crippen molar-refractivity contribution in [2.45, 2.75) is 30.3 Å². The number of nitrogens with zero attached hydrogens (tertiary/aromatic N) is 4. The Morgan fingerprint density at radius 3 is 2.65 bits per heavy atom. The van der Waals surface area contributed by atoms with E-state index in [4.69, 9.17) is 14.0 Å². The van der Waals surface area contributed by atoms with Gasteiger partial charge >= 0.3 is 0 Å². The highest BCUT2D eigenvalue weighted by Gasteiger charge is 2.29. The summed E-state index contributed by atoms with van der Waals surface area (Å²) in [5.74, 6) is 0.718. The first-order valence-electron chi connectivity index (χ1n) is 10.8. The minimum Gasteiger partial charge on any atom is -0.496 e. The number of ether oxygens (including phenoxy) is 2. The third-order valence-corrected chi connectivity index (χ3v) is 7.25. The zero-order chi connectivity index (χ0) is 23.9. The van der Waals surface area contributed by atoms with E-state index >= 15 is 0 Å². The Hall–Kier alpha value is -3.73. The molecule has 11 heteroatoms. The predicted octanol–water partition coefficient (Wildman–Crippen LogP) is 3.49. The van der Waals surface area contributed by atoms with E-state index in [0.717, 1.165) is 24.1 Å². The molecule has 1 N–H and O–H groups in total. The number of hydrogen-bond acceptors (Lipinski definition) is 8. The molecule has 0 unspecified atom stereocenters. The van der Waals surface area contributed by atoms with Crippen LogP contribution in [0.4, 0.5) is 11.5 Å². The highest BCUT2D eigenvalue weighted by atomic mass is 32.2. The Bertz CT molecular complexity index is 1430. The van der Waals surface area contributed by atoms with E-state index in [-0.39, 0.29) is 16.5 Å². The maximum absolute atomic E-state index is 13.4. The molecule has 0 saturated heterocycles. The minimum absolute atomic E-state index is 0.0189. The molecule has 0 aliphatic heterocycles. The summed E-state index contributed by atoms with van der Waals surface area (Å²) in [6, 6.07) is 11.0. The van der Waals surface area contributed by atoms with E-state index in [1.165, 1.54) is 14.2 Å². The van der Waals surface area contributed by atoms with Gasteiger partial charge in [0.15, 0.2) is 11.4 Å². The Balaban J connectivity index is 1.50. The molecule has 34 heavy (non-hydrogen) atoms. The highest BCUT2D eigenvalue weighted by Crippen LogP contribution is 2.37. The average Bonchev–Trinajstić information content (AvgIpc) is 3.43. The maximum atomic E-state index is 13.4. The van der Waals surface area contributed by atoms with Gasteiger partial charge in [-0.3, -0.25) is 9.40 Å². The van der Waals surface area contributed by atoms with Crippen LogP contribution >= 0.6 is 0 Å². The molecule has 4 aromatic rings. The molecule has 0 spiro atoms. The van der Waals surface area contributed by atoms with Crippen molar-refractivity contribution in [2.75, 3.05) is 30.9 Å². The number of benzene rings is 2. The summed E-state index contributed by atoms with van der Waals surface area (Å²) in [6.07, 6.45) is 5.73. The Morgan fingerprint density at radius 2 is 1.97 bits per heavy atom. The van der Waals surface area contributed by atoms with Gasteiger partial charge in [0.05, 0.1) is 20.8 Å². The first kappa shape index (κ1) is 22.1. The van der Waals surface area contributed by atoms with Crippen molar-refractivity contribution < 1.29 is 22.4 Å². The summed E-state index contributed by atoms with van der Waals surface area (Å²) in [7, 11) is 0.860. The molecule has 1 fully saturated rings. The maximum Gasteiger partial charge on any atom is 0.266 e. The summed E-state index contributed by atoms with van der Waals surface area (Å²) in [5.41, 5.74) is 2.07. The first-order valence-corrected chi connectivity index (χ1v) is 12.3. The molecular formula is C23H25N5O5S. The zero-order valence-electron chi connectivity index (χ0n) is 19.1. The van der Waals surface area contributed by atoms with Crippen molar-refractivity contribution in [3.05, 3.63) is 54.4 Å². The number of aromatic nitrogens is 3. The fraction of sp³-hybridized carbons (Fsp3) is 0.304. The molecule has 10 nitrogen and oxygen atoms in total. The molecular weight excluding hydrogens is 458 g/mol. The zero-order valence-corrected chi connectivity index (χ0v) is 19.9. The third-order valence-electron chi connectivity index (χ3n) is 5.89. The van der Waals surface area contributed by atoms with Crippen LogP contribution < -0.4 is 19.1 Å². The quantitative estimate of drug-likeness (QED) is 0.385. The third kappa shape index (κ3) is 4.14. The van der Waals surface area contributed by atoms with E-state index in [9.17, 15) is 8.42 Å². The summed E-state index contributed by atoms with van der Waals surface area (Å²) in [4.78, 5) is 2.10. The van der Waals surface area contributed by atoms with E-state index in [1.54, 1.807) is 29.1 Å². The average molecular weight is 484 g/mol. The SMILES string of the molecule is COc1ccc(N(C)C2CC2)cc1S(=O)(=O)Nc1noc2cc(Cn3cccn3)cc(OC)c12. The number of anilines is 2. The number of rotatable bonds is 9. The standard InChI is InChI=1S/C23H25N5O5S/c1-27(16-5-6-16)17-7-8-18(31-2)21(13-17)34(29,30)26-23-22-19(32-3)11-15(12-20(22)33-25-23)14-28-10-4-9-24-28/h4,7-13,16H,5-6,14H2,1-3H3,(H,25,26). The van der Waals surface area contributed by atoms with Crippen LogP contribution in [-0.4, -0.2) is 50.7 Å². The first-order chi connectivity index (χ1) is 16.4. The van der Waals surface area contributed by atoms with Crippen LogP contribution in [0, 0.1) is 0 Å². The van der Waals surface area contributed by atoms with Gasteiger partial charge in [0.2, 0.25) is 0 Å². The Labute approximate surface area is 197 Å². The molecule has 0 atom stereocenters. The number of fused-ring (bicyclic) bond motifs is 1. The number of nitrogens with one attached hydrogen (secondary N) is 1. The topological polar surface area (TPSA) is 112 Å². The number of sulfonamides is 1. The molecule has 5 rings (SSSR count). The van der Waals surface area contributed by atoms with Gasteiger partial charge in [-0.1, -0.05) is 5.16 Å². The smallest absolute Gasteiger partial charge is 0.266 e. The van der Waals surface area contributed by atoms with Gasteiger partial charge in [0.25, 0.3) is 10.0 Å². The van der Waals surface area contributed by atoms with Crippen molar-refractivity contribution in [1.82, 2.24) is 14.9 Å². The summed E-state index contributed by atoms with van der Waals surface area (Å²) >= 11 is 0. The van der Waals surface area contributed by atoms with Crippen LogP contribution in [0.2, 0.25) is 0 Å². The van der Waals surface area contributed by atoms with Crippen LogP contribution in [0.3, 0.4) is 0 Å². The molecule has 1 aliphatic carbocycles. The molecule has 2 aromatic carbocycles. The fourth-order valence-electron chi connectivity index (χ4n) is 3.94. The van der Waals surface area contributed by atoms with E-state index in [2.05, 4.69) is 19.9 Å². The van der Waals surface area contributed by atoms with Crippen molar-refractivity contribution >= 4 is 32.5 Å². The van der Waals surface area contributed by atoms with Crippen molar-refractivity contribution in [3.63, 3.8) is 0 Å². The van der Waals surface area contributed by atoms with Crippen LogP contribution in [0.5, 0.6) is 11.5 Å².